The van der Waals surface area contributed by atoms with Crippen LogP contribution < -0.4 is 10.6 Å². The molecule has 0 unspecified atom stereocenters. The van der Waals surface area contributed by atoms with Crippen molar-refractivity contribution in [3.05, 3.63) is 70.8 Å². The molecule has 24 heavy (non-hydrogen) atoms. The molecule has 0 fully saturated rings. The Morgan fingerprint density at radius 2 is 1.79 bits per heavy atom. The third-order valence-corrected chi connectivity index (χ3v) is 3.64. The molecule has 0 saturated heterocycles. The van der Waals surface area contributed by atoms with Gasteiger partial charge in [-0.1, -0.05) is 42.0 Å². The Kier molecular flexibility index (Phi) is 5.49. The molecule has 0 saturated carbocycles. The van der Waals surface area contributed by atoms with Crippen molar-refractivity contribution in [2.24, 2.45) is 0 Å². The van der Waals surface area contributed by atoms with Crippen LogP contribution in [0.25, 0.3) is 0 Å². The van der Waals surface area contributed by atoms with Gasteiger partial charge < -0.3 is 10.6 Å². The van der Waals surface area contributed by atoms with Gasteiger partial charge in [-0.05, 0) is 37.1 Å². The van der Waals surface area contributed by atoms with E-state index in [-0.39, 0.29) is 0 Å². The lowest BCUT2D eigenvalue weighted by atomic mass is 10.1. The Morgan fingerprint density at radius 3 is 2.42 bits per heavy atom. The molecule has 6 heteroatoms. The maximum absolute atomic E-state index is 12.7. The van der Waals surface area contributed by atoms with E-state index >= 15 is 0 Å². The minimum Gasteiger partial charge on any atom is -0.334 e. The first-order chi connectivity index (χ1) is 11.3. The molecule has 3 nitrogen and oxygen atoms in total. The lowest BCUT2D eigenvalue weighted by molar-refractivity contribution is -0.137. The maximum Gasteiger partial charge on any atom is 0.416 e. The van der Waals surface area contributed by atoms with Crippen LogP contribution in [0.3, 0.4) is 0 Å². The summed E-state index contributed by atoms with van der Waals surface area (Å²) in [7, 11) is 0. The van der Waals surface area contributed by atoms with Gasteiger partial charge in [0.25, 0.3) is 0 Å². The van der Waals surface area contributed by atoms with Gasteiger partial charge in [0.15, 0.2) is 0 Å². The van der Waals surface area contributed by atoms with Gasteiger partial charge in [0, 0.05) is 6.54 Å². The molecule has 0 spiro atoms. The molecule has 2 aromatic carbocycles. The van der Waals surface area contributed by atoms with Gasteiger partial charge in [0.1, 0.15) is 0 Å². The minimum absolute atomic E-state index is 0.349. The first kappa shape index (κ1) is 17.8. The molecule has 0 aliphatic heterocycles. The minimum atomic E-state index is -4.40. The molecular formula is C18H19F3N2O. The first-order valence-electron chi connectivity index (χ1n) is 7.53. The molecular weight excluding hydrogens is 317 g/mol. The summed E-state index contributed by atoms with van der Waals surface area (Å²) < 4.78 is 38.2. The summed E-state index contributed by atoms with van der Waals surface area (Å²) in [4.78, 5) is 11.9. The fraction of sp³-hybridized carbons (Fsp3) is 0.278. The summed E-state index contributed by atoms with van der Waals surface area (Å²) in [6, 6.07) is 11.7. The number of rotatable bonds is 4. The zero-order valence-electron chi connectivity index (χ0n) is 13.4. The Labute approximate surface area is 138 Å². The summed E-state index contributed by atoms with van der Waals surface area (Å²) in [5.41, 5.74) is 1.74. The van der Waals surface area contributed by atoms with Crippen LogP contribution in [0.2, 0.25) is 0 Å². The molecule has 128 valence electrons. The van der Waals surface area contributed by atoms with Crippen LogP contribution >= 0.6 is 0 Å². The number of hydrogen-bond donors (Lipinski definition) is 2. The number of nitrogens with one attached hydrogen (secondary N) is 2. The monoisotopic (exact) mass is 336 g/mol. The highest BCUT2D eigenvalue weighted by Crippen LogP contribution is 2.30. The van der Waals surface area contributed by atoms with Gasteiger partial charge in [-0.25, -0.2) is 4.79 Å². The highest BCUT2D eigenvalue weighted by atomic mass is 19.4. The van der Waals surface area contributed by atoms with Crippen molar-refractivity contribution in [1.82, 2.24) is 10.6 Å². The van der Waals surface area contributed by atoms with Gasteiger partial charge in [-0.2, -0.15) is 13.2 Å². The second-order valence-corrected chi connectivity index (χ2v) is 5.66. The van der Waals surface area contributed by atoms with Crippen molar-refractivity contribution in [2.75, 3.05) is 0 Å². The lowest BCUT2D eigenvalue weighted by Gasteiger charge is -2.17. The van der Waals surface area contributed by atoms with Crippen LogP contribution in [0, 0.1) is 6.92 Å². The maximum atomic E-state index is 12.7. The summed E-state index contributed by atoms with van der Waals surface area (Å²) in [5, 5.41) is 5.33. The average Bonchev–Trinajstić information content (AvgIpc) is 2.53. The smallest absolute Gasteiger partial charge is 0.334 e. The summed E-state index contributed by atoms with van der Waals surface area (Å²) in [5.74, 6) is 0. The third-order valence-electron chi connectivity index (χ3n) is 3.64. The fourth-order valence-corrected chi connectivity index (χ4v) is 2.20. The fourth-order valence-electron chi connectivity index (χ4n) is 2.20. The largest absolute Gasteiger partial charge is 0.416 e. The van der Waals surface area contributed by atoms with Crippen LogP contribution in [0.1, 0.15) is 35.2 Å². The van der Waals surface area contributed by atoms with E-state index < -0.39 is 23.8 Å². The predicted molar refractivity (Wildman–Crippen MR) is 86.4 cm³/mol. The Bertz CT molecular complexity index is 696. The van der Waals surface area contributed by atoms with E-state index in [9.17, 15) is 18.0 Å². The van der Waals surface area contributed by atoms with E-state index in [2.05, 4.69) is 10.6 Å². The van der Waals surface area contributed by atoms with Gasteiger partial charge in [-0.15, -0.1) is 0 Å². The molecule has 0 aliphatic carbocycles. The van der Waals surface area contributed by atoms with Crippen LogP contribution in [0.15, 0.2) is 48.5 Å². The van der Waals surface area contributed by atoms with Crippen molar-refractivity contribution in [1.29, 1.82) is 0 Å². The zero-order valence-corrected chi connectivity index (χ0v) is 13.4. The van der Waals surface area contributed by atoms with Crippen molar-refractivity contribution in [2.45, 2.75) is 32.6 Å². The van der Waals surface area contributed by atoms with Crippen LogP contribution in [0.5, 0.6) is 0 Å². The lowest BCUT2D eigenvalue weighted by Crippen LogP contribution is -2.36. The molecule has 0 aromatic heterocycles. The Morgan fingerprint density at radius 1 is 1.12 bits per heavy atom. The summed E-state index contributed by atoms with van der Waals surface area (Å²) in [6.45, 7) is 3.96. The van der Waals surface area contributed by atoms with Crippen molar-refractivity contribution < 1.29 is 18.0 Å². The van der Waals surface area contributed by atoms with E-state index in [0.717, 1.165) is 23.3 Å². The van der Waals surface area contributed by atoms with Crippen LogP contribution in [0.4, 0.5) is 18.0 Å². The number of urea groups is 1. The predicted octanol–water partition coefficient (Wildman–Crippen LogP) is 4.57. The first-order valence-corrected chi connectivity index (χ1v) is 7.53. The summed E-state index contributed by atoms with van der Waals surface area (Å²) >= 11 is 0. The van der Waals surface area contributed by atoms with E-state index in [0.29, 0.717) is 12.1 Å². The second kappa shape index (κ2) is 7.38. The third kappa shape index (κ3) is 5.01. The quantitative estimate of drug-likeness (QED) is 0.843. The molecule has 2 aromatic rings. The van der Waals surface area contributed by atoms with E-state index in [1.165, 1.54) is 6.07 Å². The number of halogens is 3. The van der Waals surface area contributed by atoms with E-state index in [1.54, 1.807) is 13.0 Å². The molecule has 0 bridgehead atoms. The molecule has 2 N–H and O–H groups in total. The SMILES string of the molecule is Cc1ccc(CNC(=O)N[C@H](C)c2cccc(C(F)(F)F)c2)cc1. The van der Waals surface area contributed by atoms with Crippen molar-refractivity contribution in [3.63, 3.8) is 0 Å². The zero-order chi connectivity index (χ0) is 17.7. The second-order valence-electron chi connectivity index (χ2n) is 5.66. The highest BCUT2D eigenvalue weighted by Gasteiger charge is 2.30. The Hall–Kier alpha value is -2.50. The van der Waals surface area contributed by atoms with Crippen molar-refractivity contribution >= 4 is 6.03 Å². The number of carbonyl (C=O) groups excluding carboxylic acids is 1. The molecule has 2 amide bonds. The van der Waals surface area contributed by atoms with E-state index in [1.807, 2.05) is 31.2 Å². The number of benzene rings is 2. The van der Waals surface area contributed by atoms with Gasteiger partial charge >= 0.3 is 12.2 Å². The molecule has 0 heterocycles. The molecule has 0 radical (unpaired) electrons. The molecule has 2 rings (SSSR count). The average molecular weight is 336 g/mol. The van der Waals surface area contributed by atoms with Gasteiger partial charge in [0.2, 0.25) is 0 Å². The van der Waals surface area contributed by atoms with E-state index in [4.69, 9.17) is 0 Å². The summed E-state index contributed by atoms with van der Waals surface area (Å²) in [6.07, 6.45) is -4.40. The number of aryl methyl sites for hydroxylation is 1. The molecule has 0 aliphatic rings. The standard InChI is InChI=1S/C18H19F3N2O/c1-12-6-8-14(9-7-12)11-22-17(24)23-13(2)15-4-3-5-16(10-15)18(19,20)21/h3-10,13H,11H2,1-2H3,(H2,22,23,24)/t13-/m1/s1. The highest BCUT2D eigenvalue weighted by molar-refractivity contribution is 5.74. The number of hydrogen-bond acceptors (Lipinski definition) is 1. The van der Waals surface area contributed by atoms with Crippen LogP contribution in [-0.4, -0.2) is 6.03 Å². The topological polar surface area (TPSA) is 41.1 Å². The number of amides is 2. The normalized spacial score (nSPS) is 12.5. The Balaban J connectivity index is 1.92. The molecule has 1 atom stereocenters. The van der Waals surface area contributed by atoms with Gasteiger partial charge in [0.05, 0.1) is 11.6 Å². The number of carbonyl (C=O) groups is 1. The van der Waals surface area contributed by atoms with Crippen molar-refractivity contribution in [3.8, 4) is 0 Å². The van der Waals surface area contributed by atoms with Crippen LogP contribution in [-0.2, 0) is 12.7 Å². The number of alkyl halides is 3. The van der Waals surface area contributed by atoms with Gasteiger partial charge in [-0.3, -0.25) is 0 Å².